The highest BCUT2D eigenvalue weighted by molar-refractivity contribution is 7.91. The number of hydrogen-bond acceptors (Lipinski definition) is 6. The maximum absolute atomic E-state index is 12.6. The quantitative estimate of drug-likeness (QED) is 0.534. The van der Waals surface area contributed by atoms with Crippen molar-refractivity contribution in [2.24, 2.45) is 0 Å². The number of sulfone groups is 1. The third-order valence-corrected chi connectivity index (χ3v) is 5.51. The SMILES string of the molecule is O=C(Nc1ccc(S(=O)(=O)c2ccc([N+](=O)[O-])cc2)cc1)c1ccncc1. The minimum absolute atomic E-state index is 0.0123. The molecule has 3 rings (SSSR count). The summed E-state index contributed by atoms with van der Waals surface area (Å²) in [6, 6.07) is 13.4. The van der Waals surface area contributed by atoms with E-state index >= 15 is 0 Å². The number of rotatable bonds is 5. The number of non-ortho nitro benzene ring substituents is 1. The van der Waals surface area contributed by atoms with Gasteiger partial charge in [-0.05, 0) is 48.5 Å². The number of aromatic nitrogens is 1. The molecule has 0 saturated heterocycles. The van der Waals surface area contributed by atoms with Gasteiger partial charge in [0.05, 0.1) is 14.7 Å². The normalized spacial score (nSPS) is 11.0. The number of anilines is 1. The molecule has 0 spiro atoms. The molecule has 0 saturated carbocycles. The lowest BCUT2D eigenvalue weighted by molar-refractivity contribution is -0.384. The van der Waals surface area contributed by atoms with Crippen LogP contribution in [0.5, 0.6) is 0 Å². The van der Waals surface area contributed by atoms with E-state index in [4.69, 9.17) is 0 Å². The fourth-order valence-electron chi connectivity index (χ4n) is 2.31. The van der Waals surface area contributed by atoms with E-state index in [1.54, 1.807) is 12.1 Å². The Morgan fingerprint density at radius 1 is 0.889 bits per heavy atom. The molecule has 0 atom stereocenters. The van der Waals surface area contributed by atoms with Crippen LogP contribution in [-0.2, 0) is 9.84 Å². The van der Waals surface area contributed by atoms with Crippen LogP contribution >= 0.6 is 0 Å². The van der Waals surface area contributed by atoms with Gasteiger partial charge < -0.3 is 5.32 Å². The van der Waals surface area contributed by atoms with Crippen molar-refractivity contribution < 1.29 is 18.1 Å². The first kappa shape index (κ1) is 18.2. The van der Waals surface area contributed by atoms with E-state index in [-0.39, 0.29) is 21.4 Å². The van der Waals surface area contributed by atoms with Crippen molar-refractivity contribution in [2.45, 2.75) is 9.79 Å². The van der Waals surface area contributed by atoms with Crippen LogP contribution in [0.1, 0.15) is 10.4 Å². The topological polar surface area (TPSA) is 119 Å². The molecule has 1 aromatic heterocycles. The summed E-state index contributed by atoms with van der Waals surface area (Å²) in [6.07, 6.45) is 2.99. The van der Waals surface area contributed by atoms with Crippen molar-refractivity contribution in [3.8, 4) is 0 Å². The monoisotopic (exact) mass is 383 g/mol. The number of pyridine rings is 1. The minimum atomic E-state index is -3.82. The zero-order valence-corrected chi connectivity index (χ0v) is 14.6. The van der Waals surface area contributed by atoms with Crippen LogP contribution in [0.3, 0.4) is 0 Å². The fraction of sp³-hybridized carbons (Fsp3) is 0. The lowest BCUT2D eigenvalue weighted by atomic mass is 10.2. The van der Waals surface area contributed by atoms with E-state index in [9.17, 15) is 23.3 Å². The van der Waals surface area contributed by atoms with Crippen LogP contribution in [0.15, 0.2) is 82.8 Å². The smallest absolute Gasteiger partial charge is 0.269 e. The number of hydrogen-bond donors (Lipinski definition) is 1. The van der Waals surface area contributed by atoms with Crippen LogP contribution in [0, 0.1) is 10.1 Å². The Kier molecular flexibility index (Phi) is 4.95. The van der Waals surface area contributed by atoms with Gasteiger partial charge in [-0.25, -0.2) is 8.42 Å². The van der Waals surface area contributed by atoms with Crippen molar-refractivity contribution >= 4 is 27.1 Å². The number of nitrogens with one attached hydrogen (secondary N) is 1. The third kappa shape index (κ3) is 3.98. The van der Waals surface area contributed by atoms with E-state index in [0.717, 1.165) is 12.1 Å². The molecule has 136 valence electrons. The summed E-state index contributed by atoms with van der Waals surface area (Å²) in [7, 11) is -3.82. The highest BCUT2D eigenvalue weighted by Crippen LogP contribution is 2.24. The molecule has 1 amide bonds. The molecule has 1 heterocycles. The molecular formula is C18H13N3O5S. The average Bonchev–Trinajstić information content (AvgIpc) is 2.69. The van der Waals surface area contributed by atoms with Crippen LogP contribution in [0.2, 0.25) is 0 Å². The Morgan fingerprint density at radius 2 is 1.41 bits per heavy atom. The van der Waals surface area contributed by atoms with Crippen molar-refractivity contribution in [3.05, 3.63) is 88.7 Å². The largest absolute Gasteiger partial charge is 0.322 e. The Morgan fingerprint density at radius 3 is 1.93 bits per heavy atom. The van der Waals surface area contributed by atoms with Gasteiger partial charge in [-0.1, -0.05) is 0 Å². The van der Waals surface area contributed by atoms with Gasteiger partial charge in [0.1, 0.15) is 0 Å². The zero-order chi connectivity index (χ0) is 19.4. The summed E-state index contributed by atoms with van der Waals surface area (Å²) in [5.41, 5.74) is 0.662. The molecule has 0 aliphatic rings. The summed E-state index contributed by atoms with van der Waals surface area (Å²) in [4.78, 5) is 26.0. The van der Waals surface area contributed by atoms with Gasteiger partial charge in [0.2, 0.25) is 9.84 Å². The van der Waals surface area contributed by atoms with Crippen LogP contribution in [-0.4, -0.2) is 24.2 Å². The summed E-state index contributed by atoms with van der Waals surface area (Å²) in [5.74, 6) is -0.344. The van der Waals surface area contributed by atoms with E-state index in [2.05, 4.69) is 10.3 Å². The number of nitro groups is 1. The minimum Gasteiger partial charge on any atom is -0.322 e. The molecule has 8 nitrogen and oxygen atoms in total. The van der Waals surface area contributed by atoms with Gasteiger partial charge in [-0.2, -0.15) is 0 Å². The number of nitro benzene ring substituents is 1. The number of carbonyl (C=O) groups excluding carboxylic acids is 1. The lowest BCUT2D eigenvalue weighted by Crippen LogP contribution is -2.12. The maximum atomic E-state index is 12.6. The van der Waals surface area contributed by atoms with Gasteiger partial charge >= 0.3 is 0 Å². The molecule has 0 bridgehead atoms. The molecule has 0 radical (unpaired) electrons. The first-order chi connectivity index (χ1) is 12.9. The Bertz CT molecular complexity index is 1080. The number of amides is 1. The number of carbonyl (C=O) groups is 1. The van der Waals surface area contributed by atoms with E-state index < -0.39 is 14.8 Å². The predicted octanol–water partition coefficient (Wildman–Crippen LogP) is 3.07. The van der Waals surface area contributed by atoms with Crippen molar-refractivity contribution in [2.75, 3.05) is 5.32 Å². The Labute approximate surface area is 154 Å². The van der Waals surface area contributed by atoms with Crippen LogP contribution in [0.25, 0.3) is 0 Å². The van der Waals surface area contributed by atoms with E-state index in [0.29, 0.717) is 11.3 Å². The molecule has 0 aliphatic carbocycles. The van der Waals surface area contributed by atoms with E-state index in [1.807, 2.05) is 0 Å². The molecule has 0 aliphatic heterocycles. The predicted molar refractivity (Wildman–Crippen MR) is 97.2 cm³/mol. The van der Waals surface area contributed by atoms with Crippen molar-refractivity contribution in [1.29, 1.82) is 0 Å². The Balaban J connectivity index is 1.79. The van der Waals surface area contributed by atoms with Crippen molar-refractivity contribution in [3.63, 3.8) is 0 Å². The molecule has 0 fully saturated rings. The number of nitrogens with zero attached hydrogens (tertiary/aromatic N) is 2. The zero-order valence-electron chi connectivity index (χ0n) is 13.8. The maximum Gasteiger partial charge on any atom is 0.269 e. The highest BCUT2D eigenvalue weighted by atomic mass is 32.2. The standard InChI is InChI=1S/C18H13N3O5S/c22-18(13-9-11-19-12-10-13)20-14-1-5-16(6-2-14)27(25,26)17-7-3-15(4-8-17)21(23)24/h1-12H,(H,20,22). The molecule has 27 heavy (non-hydrogen) atoms. The molecule has 9 heteroatoms. The molecule has 3 aromatic rings. The number of benzene rings is 2. The van der Waals surface area contributed by atoms with Crippen molar-refractivity contribution in [1.82, 2.24) is 4.98 Å². The molecule has 1 N–H and O–H groups in total. The molecule has 0 unspecified atom stereocenters. The first-order valence-corrected chi connectivity index (χ1v) is 9.17. The van der Waals surface area contributed by atoms with E-state index in [1.165, 1.54) is 48.8 Å². The second kappa shape index (κ2) is 7.34. The van der Waals surface area contributed by atoms with Crippen LogP contribution < -0.4 is 5.32 Å². The summed E-state index contributed by atoms with van der Waals surface area (Å²) in [5, 5.41) is 13.3. The summed E-state index contributed by atoms with van der Waals surface area (Å²) >= 11 is 0. The third-order valence-electron chi connectivity index (χ3n) is 3.72. The lowest BCUT2D eigenvalue weighted by Gasteiger charge is -2.08. The second-order valence-corrected chi connectivity index (χ2v) is 7.42. The van der Waals surface area contributed by atoms with Gasteiger partial charge in [-0.15, -0.1) is 0 Å². The molecule has 2 aromatic carbocycles. The molecular weight excluding hydrogens is 370 g/mol. The Hall–Kier alpha value is -3.59. The second-order valence-electron chi connectivity index (χ2n) is 5.47. The van der Waals surface area contributed by atoms with Gasteiger partial charge in [0.15, 0.2) is 0 Å². The first-order valence-electron chi connectivity index (χ1n) is 7.69. The summed E-state index contributed by atoms with van der Waals surface area (Å²) < 4.78 is 25.2. The average molecular weight is 383 g/mol. The highest BCUT2D eigenvalue weighted by Gasteiger charge is 2.19. The summed E-state index contributed by atoms with van der Waals surface area (Å²) in [6.45, 7) is 0. The van der Waals surface area contributed by atoms with Gasteiger partial charge in [0.25, 0.3) is 11.6 Å². The van der Waals surface area contributed by atoms with Gasteiger partial charge in [0, 0.05) is 35.8 Å². The van der Waals surface area contributed by atoms with Crippen LogP contribution in [0.4, 0.5) is 11.4 Å². The van der Waals surface area contributed by atoms with Gasteiger partial charge in [-0.3, -0.25) is 19.9 Å². The fourth-order valence-corrected chi connectivity index (χ4v) is 3.57.